The van der Waals surface area contributed by atoms with Gasteiger partial charge in [-0.25, -0.2) is 9.98 Å². The van der Waals surface area contributed by atoms with E-state index in [1.807, 2.05) is 18.2 Å². The lowest BCUT2D eigenvalue weighted by Gasteiger charge is -2.28. The summed E-state index contributed by atoms with van der Waals surface area (Å²) < 4.78 is 17.2. The van der Waals surface area contributed by atoms with Crippen LogP contribution in [0, 0.1) is 5.92 Å². The van der Waals surface area contributed by atoms with Crippen molar-refractivity contribution in [3.05, 3.63) is 35.9 Å². The molecule has 1 aliphatic heterocycles. The number of rotatable bonds is 9. The highest BCUT2D eigenvalue weighted by molar-refractivity contribution is 9.09. The molecule has 1 aromatic carbocycles. The quantitative estimate of drug-likeness (QED) is 0.527. The summed E-state index contributed by atoms with van der Waals surface area (Å²) in [4.78, 5) is 9.52. The molecule has 1 aliphatic rings. The monoisotopic (exact) mass is 438 g/mol. The number of halogens is 1. The molecule has 5 nitrogen and oxygen atoms in total. The molecule has 1 aromatic rings. The average Bonchev–Trinajstić information content (AvgIpc) is 2.70. The van der Waals surface area contributed by atoms with Gasteiger partial charge in [0.15, 0.2) is 0 Å². The third kappa shape index (κ3) is 6.61. The Labute approximate surface area is 171 Å². The van der Waals surface area contributed by atoms with Crippen LogP contribution in [0.2, 0.25) is 0 Å². The summed E-state index contributed by atoms with van der Waals surface area (Å²) in [6.07, 6.45) is 2.82. The summed E-state index contributed by atoms with van der Waals surface area (Å²) in [6, 6.07) is 10.1. The van der Waals surface area contributed by atoms with E-state index in [-0.39, 0.29) is 18.2 Å². The highest BCUT2D eigenvalue weighted by atomic mass is 79.9. The van der Waals surface area contributed by atoms with Gasteiger partial charge in [-0.1, -0.05) is 60.1 Å². The lowest BCUT2D eigenvalue weighted by Crippen LogP contribution is -2.37. The molecule has 0 radical (unpaired) electrons. The lowest BCUT2D eigenvalue weighted by atomic mass is 10.0. The highest BCUT2D eigenvalue weighted by Crippen LogP contribution is 2.22. The van der Waals surface area contributed by atoms with Crippen molar-refractivity contribution in [3.8, 4) is 0 Å². The smallest absolute Gasteiger partial charge is 0.209 e. The number of hydrogen-bond acceptors (Lipinski definition) is 5. The Hall–Kier alpha value is -1.40. The number of benzene rings is 1. The Morgan fingerprint density at radius 2 is 1.70 bits per heavy atom. The molecule has 0 N–H and O–H groups in total. The molecular formula is C21H31BrN2O3. The first kappa shape index (κ1) is 21.9. The molecule has 0 saturated carbocycles. The van der Waals surface area contributed by atoms with Crippen molar-refractivity contribution >= 4 is 27.7 Å². The second kappa shape index (κ2) is 11.4. The summed E-state index contributed by atoms with van der Waals surface area (Å²) in [6.45, 7) is 4.84. The van der Waals surface area contributed by atoms with Gasteiger partial charge in [-0.2, -0.15) is 0 Å². The second-order valence-corrected chi connectivity index (χ2v) is 7.81. The Kier molecular flexibility index (Phi) is 9.28. The first-order chi connectivity index (χ1) is 13.1. The van der Waals surface area contributed by atoms with E-state index < -0.39 is 0 Å². The standard InChI is InChI=1S/C21H31BrN2O3/c1-15(2)19-21(26-4)23-18(20(24-19)25-3)11-10-17(12-13-22)27-14-16-8-6-5-7-9-16/h5-9,15,17-19H,10-14H2,1-4H3/t17?,18-,19?/m0/s1. The topological polar surface area (TPSA) is 52.4 Å². The van der Waals surface area contributed by atoms with Crippen LogP contribution in [0.25, 0.3) is 0 Å². The molecular weight excluding hydrogens is 408 g/mol. The molecule has 0 aliphatic carbocycles. The van der Waals surface area contributed by atoms with Gasteiger partial charge in [-0.3, -0.25) is 0 Å². The third-order valence-corrected chi connectivity index (χ3v) is 5.12. The third-order valence-electron chi connectivity index (χ3n) is 4.66. The van der Waals surface area contributed by atoms with Crippen molar-refractivity contribution in [2.75, 3.05) is 19.5 Å². The van der Waals surface area contributed by atoms with E-state index in [0.29, 0.717) is 24.3 Å². The number of ether oxygens (including phenoxy) is 3. The largest absolute Gasteiger partial charge is 0.483 e. The first-order valence-electron chi connectivity index (χ1n) is 9.53. The fourth-order valence-electron chi connectivity index (χ4n) is 3.11. The summed E-state index contributed by atoms with van der Waals surface area (Å²) in [5.41, 5.74) is 1.19. The minimum absolute atomic E-state index is 0.0751. The second-order valence-electron chi connectivity index (χ2n) is 7.02. The maximum atomic E-state index is 6.15. The number of nitrogens with zero attached hydrogens (tertiary/aromatic N) is 2. The van der Waals surface area contributed by atoms with Crippen LogP contribution in [0.15, 0.2) is 40.3 Å². The summed E-state index contributed by atoms with van der Waals surface area (Å²) in [5.74, 6) is 1.69. The first-order valence-corrected chi connectivity index (χ1v) is 10.7. The SMILES string of the molecule is COC1=N[C@@H](CCC(CCBr)OCc2ccccc2)C(OC)=NC1C(C)C. The fourth-order valence-corrected chi connectivity index (χ4v) is 3.62. The molecule has 0 spiro atoms. The van der Waals surface area contributed by atoms with E-state index in [2.05, 4.69) is 41.9 Å². The number of methoxy groups -OCH3 is 2. The van der Waals surface area contributed by atoms with Crippen LogP contribution >= 0.6 is 15.9 Å². The lowest BCUT2D eigenvalue weighted by molar-refractivity contribution is 0.0317. The van der Waals surface area contributed by atoms with Crippen molar-refractivity contribution < 1.29 is 14.2 Å². The number of alkyl halides is 1. The van der Waals surface area contributed by atoms with Crippen LogP contribution in [0.4, 0.5) is 0 Å². The van der Waals surface area contributed by atoms with Crippen molar-refractivity contribution in [1.29, 1.82) is 0 Å². The normalized spacial score (nSPS) is 20.8. The highest BCUT2D eigenvalue weighted by Gasteiger charge is 2.31. The van der Waals surface area contributed by atoms with Crippen LogP contribution in [0.3, 0.4) is 0 Å². The van der Waals surface area contributed by atoms with Crippen LogP contribution in [-0.2, 0) is 20.8 Å². The Balaban J connectivity index is 1.98. The van der Waals surface area contributed by atoms with Crippen molar-refractivity contribution in [2.45, 2.75) is 57.9 Å². The van der Waals surface area contributed by atoms with Gasteiger partial charge in [0.2, 0.25) is 11.8 Å². The summed E-state index contributed by atoms with van der Waals surface area (Å²) in [7, 11) is 3.33. The van der Waals surface area contributed by atoms with Gasteiger partial charge < -0.3 is 14.2 Å². The van der Waals surface area contributed by atoms with Crippen LogP contribution in [0.5, 0.6) is 0 Å². The molecule has 0 aromatic heterocycles. The fraction of sp³-hybridized carbons (Fsp3) is 0.619. The Morgan fingerprint density at radius 1 is 1.00 bits per heavy atom. The maximum Gasteiger partial charge on any atom is 0.209 e. The van der Waals surface area contributed by atoms with Gasteiger partial charge in [-0.15, -0.1) is 0 Å². The Bertz CT molecular complexity index is 619. The van der Waals surface area contributed by atoms with E-state index >= 15 is 0 Å². The van der Waals surface area contributed by atoms with Crippen molar-refractivity contribution in [1.82, 2.24) is 0 Å². The van der Waals surface area contributed by atoms with E-state index in [1.165, 1.54) is 5.56 Å². The predicted octanol–water partition coefficient (Wildman–Crippen LogP) is 4.63. The van der Waals surface area contributed by atoms with Crippen LogP contribution in [-0.4, -0.2) is 49.5 Å². The van der Waals surface area contributed by atoms with Gasteiger partial charge >= 0.3 is 0 Å². The van der Waals surface area contributed by atoms with Gasteiger partial charge in [0.05, 0.1) is 26.9 Å². The molecule has 0 amide bonds. The molecule has 0 fully saturated rings. The maximum absolute atomic E-state index is 6.15. The minimum atomic E-state index is -0.113. The summed E-state index contributed by atoms with van der Waals surface area (Å²) in [5, 5.41) is 0.907. The molecule has 150 valence electrons. The predicted molar refractivity (Wildman–Crippen MR) is 114 cm³/mol. The molecule has 6 heteroatoms. The zero-order valence-electron chi connectivity index (χ0n) is 16.7. The zero-order chi connectivity index (χ0) is 19.6. The summed E-state index contributed by atoms with van der Waals surface area (Å²) >= 11 is 3.54. The van der Waals surface area contributed by atoms with Gasteiger partial charge in [0.25, 0.3) is 0 Å². The van der Waals surface area contributed by atoms with Crippen LogP contribution in [0.1, 0.15) is 38.7 Å². The van der Waals surface area contributed by atoms with Gasteiger partial charge in [0.1, 0.15) is 12.1 Å². The van der Waals surface area contributed by atoms with E-state index in [0.717, 1.165) is 24.6 Å². The number of aliphatic imine (C=N–C) groups is 2. The molecule has 0 saturated heterocycles. The molecule has 0 bridgehead atoms. The molecule has 1 heterocycles. The molecule has 2 unspecified atom stereocenters. The molecule has 2 rings (SSSR count). The minimum Gasteiger partial charge on any atom is -0.483 e. The van der Waals surface area contributed by atoms with E-state index in [9.17, 15) is 0 Å². The zero-order valence-corrected chi connectivity index (χ0v) is 18.3. The van der Waals surface area contributed by atoms with E-state index in [1.54, 1.807) is 14.2 Å². The van der Waals surface area contributed by atoms with Crippen molar-refractivity contribution in [3.63, 3.8) is 0 Å². The molecule has 3 atom stereocenters. The van der Waals surface area contributed by atoms with Gasteiger partial charge in [0, 0.05) is 5.33 Å². The molecule has 27 heavy (non-hydrogen) atoms. The Morgan fingerprint density at radius 3 is 2.30 bits per heavy atom. The van der Waals surface area contributed by atoms with Crippen molar-refractivity contribution in [2.24, 2.45) is 15.9 Å². The van der Waals surface area contributed by atoms with Gasteiger partial charge in [-0.05, 0) is 30.7 Å². The van der Waals surface area contributed by atoms with E-state index in [4.69, 9.17) is 24.2 Å². The number of hydrogen-bond donors (Lipinski definition) is 0. The average molecular weight is 439 g/mol. The van der Waals surface area contributed by atoms with Crippen LogP contribution < -0.4 is 0 Å².